The van der Waals surface area contributed by atoms with Gasteiger partial charge in [-0.3, -0.25) is 33.1 Å². The molecule has 0 fully saturated rings. The van der Waals surface area contributed by atoms with Gasteiger partial charge in [0, 0.05) is 10.0 Å². The number of hydrogen-bond donors (Lipinski definition) is 0. The van der Waals surface area contributed by atoms with Crippen LogP contribution < -0.4 is 41.2 Å². The Hall–Kier alpha value is -9.31. The first-order valence-electron chi connectivity index (χ1n) is 22.1. The largest absolute Gasteiger partial charge is 0.497 e. The molecule has 0 aliphatic heterocycles. The lowest BCUT2D eigenvalue weighted by molar-refractivity contribution is 0.112. The quantitative estimate of drug-likeness (QED) is 0.0838. The van der Waals surface area contributed by atoms with Crippen LogP contribution in [0.25, 0.3) is 0 Å². The first-order chi connectivity index (χ1) is 36.0. The third-order valence-electron chi connectivity index (χ3n) is 10.9. The van der Waals surface area contributed by atoms with Crippen molar-refractivity contribution in [3.8, 4) is 46.6 Å². The molecule has 0 saturated heterocycles. The van der Waals surface area contributed by atoms with Gasteiger partial charge in [-0.15, -0.1) is 0 Å². The number of ether oxygens (including phenoxy) is 4. The number of carbonyl (C=O) groups is 1. The van der Waals surface area contributed by atoms with E-state index in [2.05, 4.69) is 20.2 Å². The van der Waals surface area contributed by atoms with E-state index in [1.165, 1.54) is 71.5 Å². The highest BCUT2D eigenvalue weighted by atomic mass is 35.5. The smallest absolute Gasteiger partial charge is 0.296 e. The van der Waals surface area contributed by atoms with Crippen LogP contribution in [-0.2, 0) is 26.2 Å². The van der Waals surface area contributed by atoms with E-state index in [1.54, 1.807) is 69.5 Å². The third kappa shape index (κ3) is 13.2. The Labute approximate surface area is 434 Å². The Kier molecular flexibility index (Phi) is 17.1. The molecule has 8 aromatic rings. The van der Waals surface area contributed by atoms with E-state index >= 15 is 0 Å². The summed E-state index contributed by atoms with van der Waals surface area (Å²) in [6, 6.07) is 28.7. The third-order valence-corrected chi connectivity index (χ3v) is 11.3. The number of benzene rings is 4. The van der Waals surface area contributed by atoms with Crippen LogP contribution >= 0.6 is 23.2 Å². The maximum atomic E-state index is 13.7. The van der Waals surface area contributed by atoms with Crippen LogP contribution in [0.5, 0.6) is 34.5 Å². The first kappa shape index (κ1) is 53.5. The Bertz CT molecular complexity index is 3780. The van der Waals surface area contributed by atoms with Gasteiger partial charge in [0.2, 0.25) is 11.5 Å². The summed E-state index contributed by atoms with van der Waals surface area (Å²) in [5.41, 5.74) is -0.625. The second-order valence-corrected chi connectivity index (χ2v) is 17.1. The minimum Gasteiger partial charge on any atom is -0.497 e. The van der Waals surface area contributed by atoms with Crippen LogP contribution in [-0.4, -0.2) is 59.2 Å². The van der Waals surface area contributed by atoms with Crippen molar-refractivity contribution < 1.29 is 32.5 Å². The van der Waals surface area contributed by atoms with Crippen molar-refractivity contribution in [3.63, 3.8) is 0 Å². The van der Waals surface area contributed by atoms with E-state index in [4.69, 9.17) is 52.7 Å². The van der Waals surface area contributed by atoms with Crippen LogP contribution in [0.1, 0.15) is 67.4 Å². The SMILES string of the molecule is COc1ccc(Cn2nc(Cn3cnc(C)c(Oc4cc(Cl)cc(C#N)c4)c3=O)cc(C(F)F)c2=O)cc1.COc1ccc(Cn2nc(Cn3cnc(C)c(Oc4cc(Cl)cc(C#N)c4)c3=O)cc(C=O)c2=O)cc1. The van der Waals surface area contributed by atoms with Gasteiger partial charge in [-0.2, -0.15) is 20.7 Å². The summed E-state index contributed by atoms with van der Waals surface area (Å²) in [5.74, 6) is 1.42. The fourth-order valence-corrected chi connectivity index (χ4v) is 7.63. The van der Waals surface area contributed by atoms with Crippen molar-refractivity contribution in [1.29, 1.82) is 10.5 Å². The maximum absolute atomic E-state index is 13.7. The lowest BCUT2D eigenvalue weighted by Gasteiger charge is -2.13. The number of alkyl halides is 2. The number of aromatic nitrogens is 8. The summed E-state index contributed by atoms with van der Waals surface area (Å²) >= 11 is 12.1. The van der Waals surface area contributed by atoms with Crippen molar-refractivity contribution >= 4 is 29.5 Å². The van der Waals surface area contributed by atoms with E-state index in [1.807, 2.05) is 12.1 Å². The van der Waals surface area contributed by atoms with E-state index in [0.29, 0.717) is 34.7 Å². The van der Waals surface area contributed by atoms with Crippen LogP contribution in [0.4, 0.5) is 8.78 Å². The molecule has 4 aromatic heterocycles. The number of nitrogens with zero attached hydrogens (tertiary/aromatic N) is 10. The van der Waals surface area contributed by atoms with Gasteiger partial charge in [0.05, 0.1) is 110 Å². The van der Waals surface area contributed by atoms with Crippen molar-refractivity contribution in [2.75, 3.05) is 14.2 Å². The molecule has 4 heterocycles. The van der Waals surface area contributed by atoms with Gasteiger partial charge < -0.3 is 18.9 Å². The molecule has 0 bridgehead atoms. The fraction of sp³-hybridized carbons (Fsp3) is 0.173. The minimum atomic E-state index is -3.05. The number of halogens is 4. The number of aryl methyl sites for hydroxylation is 2. The van der Waals surface area contributed by atoms with Crippen LogP contribution in [0, 0.1) is 36.5 Å². The number of carbonyl (C=O) groups excluding carboxylic acids is 1. The summed E-state index contributed by atoms with van der Waals surface area (Å²) < 4.78 is 53.6. The molecule has 19 nitrogen and oxygen atoms in total. The van der Waals surface area contributed by atoms with Crippen LogP contribution in [0.2, 0.25) is 10.0 Å². The topological polar surface area (TPSA) is 241 Å². The van der Waals surface area contributed by atoms with Crippen molar-refractivity contribution in [2.45, 2.75) is 46.5 Å². The first-order valence-corrected chi connectivity index (χ1v) is 22.9. The molecule has 0 atom stereocenters. The maximum Gasteiger partial charge on any atom is 0.296 e. The fourth-order valence-electron chi connectivity index (χ4n) is 7.18. The molecule has 75 heavy (non-hydrogen) atoms. The number of nitriles is 2. The van der Waals surface area contributed by atoms with E-state index < -0.39 is 34.2 Å². The number of methoxy groups -OCH3 is 2. The lowest BCUT2D eigenvalue weighted by atomic mass is 10.2. The predicted molar refractivity (Wildman–Crippen MR) is 269 cm³/mol. The minimum absolute atomic E-state index is 0.0432. The molecule has 0 N–H and O–H groups in total. The zero-order chi connectivity index (χ0) is 53.9. The molecule has 0 radical (unpaired) electrons. The predicted octanol–water partition coefficient (Wildman–Crippen LogP) is 7.81. The van der Waals surface area contributed by atoms with E-state index in [9.17, 15) is 32.8 Å². The second kappa shape index (κ2) is 23.9. The average molecular weight is 1060 g/mol. The van der Waals surface area contributed by atoms with Crippen molar-refractivity contribution in [3.05, 3.63) is 217 Å². The summed E-state index contributed by atoms with van der Waals surface area (Å²) in [5, 5.41) is 27.4. The molecule has 0 aliphatic carbocycles. The molecule has 8 rings (SSSR count). The molecule has 23 heteroatoms. The molecule has 0 spiro atoms. The molecule has 4 aromatic carbocycles. The molecule has 0 unspecified atom stereocenters. The van der Waals surface area contributed by atoms with Gasteiger partial charge >= 0.3 is 0 Å². The van der Waals surface area contributed by atoms with Crippen molar-refractivity contribution in [1.82, 2.24) is 38.7 Å². The average Bonchev–Trinajstić information content (AvgIpc) is 3.40. The highest BCUT2D eigenvalue weighted by Crippen LogP contribution is 2.27. The van der Waals surface area contributed by atoms with Gasteiger partial charge in [-0.05, 0) is 97.8 Å². The monoisotopic (exact) mass is 1060 g/mol. The zero-order valence-corrected chi connectivity index (χ0v) is 41.5. The highest BCUT2D eigenvalue weighted by Gasteiger charge is 2.20. The van der Waals surface area contributed by atoms with Crippen molar-refractivity contribution in [2.24, 2.45) is 0 Å². The molecule has 0 amide bonds. The van der Waals surface area contributed by atoms with Gasteiger partial charge in [-0.25, -0.2) is 28.1 Å². The standard InChI is InChI=1S/C26H20ClF2N5O4.C26H20ClN5O5/c1-15-23(38-21-8-17(11-30)7-18(27)9-21)26(36)33(14-31-15)13-19-10-22(24(28)29)25(35)34(32-19)12-16-3-5-20(37-2)6-4-16;1-16-24(37-23-8-18(11-28)7-20(27)10-23)26(35)31(15-29-16)13-21-9-19(14-33)25(34)32(30-21)12-17-3-5-22(36-2)6-4-17/h3-10,14,24H,12-13H2,1-2H3;3-10,14-15H,12-13H2,1-2H3. The normalized spacial score (nSPS) is 10.7. The summed E-state index contributed by atoms with van der Waals surface area (Å²) in [7, 11) is 3.06. The lowest BCUT2D eigenvalue weighted by Crippen LogP contribution is -2.30. The molecular formula is C52H40Cl2F2N10O9. The Balaban J connectivity index is 0.000000219. The summed E-state index contributed by atoms with van der Waals surface area (Å²) in [6.45, 7) is 2.87. The van der Waals surface area contributed by atoms with E-state index in [0.717, 1.165) is 20.9 Å². The van der Waals surface area contributed by atoms with Gasteiger partial charge in [-0.1, -0.05) is 47.5 Å². The summed E-state index contributed by atoms with van der Waals surface area (Å²) in [6.07, 6.45) is -0.0412. The molecular weight excluding hydrogens is 1020 g/mol. The number of hydrogen-bond acceptors (Lipinski definition) is 15. The highest BCUT2D eigenvalue weighted by molar-refractivity contribution is 6.31. The van der Waals surface area contributed by atoms with Crippen LogP contribution in [0.15, 0.2) is 129 Å². The Morgan fingerprint density at radius 1 is 0.587 bits per heavy atom. The number of rotatable bonds is 16. The van der Waals surface area contributed by atoms with E-state index in [-0.39, 0.29) is 87.3 Å². The molecule has 380 valence electrons. The Morgan fingerprint density at radius 3 is 1.41 bits per heavy atom. The van der Waals surface area contributed by atoms with Crippen LogP contribution in [0.3, 0.4) is 0 Å². The summed E-state index contributed by atoms with van der Waals surface area (Å²) in [4.78, 5) is 71.7. The molecule has 0 saturated carbocycles. The zero-order valence-electron chi connectivity index (χ0n) is 40.0. The number of aldehydes is 1. The Morgan fingerprint density at radius 2 is 1.01 bits per heavy atom. The second-order valence-electron chi connectivity index (χ2n) is 16.2. The van der Waals surface area contributed by atoms with Gasteiger partial charge in [0.15, 0.2) is 6.29 Å². The van der Waals surface area contributed by atoms with Gasteiger partial charge in [0.1, 0.15) is 23.0 Å². The van der Waals surface area contributed by atoms with Gasteiger partial charge in [0.25, 0.3) is 28.7 Å². The molecule has 0 aliphatic rings.